The van der Waals surface area contributed by atoms with Crippen LogP contribution in [0.3, 0.4) is 0 Å². The normalized spacial score (nSPS) is 31.1. The van der Waals surface area contributed by atoms with Gasteiger partial charge in [0.15, 0.2) is 0 Å². The summed E-state index contributed by atoms with van der Waals surface area (Å²) in [5, 5.41) is 10.8. The number of hydrogen-bond acceptors (Lipinski definition) is 2. The number of piperidine rings is 1. The Labute approximate surface area is 126 Å². The zero-order valence-electron chi connectivity index (χ0n) is 12.2. The Balaban J connectivity index is 1.54. The van der Waals surface area contributed by atoms with E-state index in [9.17, 15) is 5.11 Å². The van der Waals surface area contributed by atoms with Gasteiger partial charge in [0.2, 0.25) is 0 Å². The molecule has 2 heteroatoms. The number of likely N-dealkylation sites (tertiary alicyclic amines) is 1. The van der Waals surface area contributed by atoms with Crippen LogP contribution in [0.1, 0.15) is 17.5 Å². The highest BCUT2D eigenvalue weighted by atomic mass is 16.3. The van der Waals surface area contributed by atoms with E-state index in [0.29, 0.717) is 5.92 Å². The van der Waals surface area contributed by atoms with Crippen LogP contribution in [-0.4, -0.2) is 28.2 Å². The summed E-state index contributed by atoms with van der Waals surface area (Å²) in [6, 6.07) is 21.4. The molecule has 4 rings (SSSR count). The maximum Gasteiger partial charge on any atom is 0.0851 e. The first kappa shape index (κ1) is 13.1. The molecule has 2 aliphatic rings. The second kappa shape index (κ2) is 4.97. The number of rotatable bonds is 4. The monoisotopic (exact) mass is 279 g/mol. The van der Waals surface area contributed by atoms with Gasteiger partial charge >= 0.3 is 0 Å². The number of aliphatic hydroxyl groups is 1. The standard InChI is InChI=1S/C19H21NO/c21-19-12-17(19)14-20(13-16-9-5-2-6-10-16)18(19)11-15-7-3-1-4-8-15/h1-10,17-18,21H,11-14H2. The Morgan fingerprint density at radius 1 is 0.952 bits per heavy atom. The molecule has 0 spiro atoms. The lowest BCUT2D eigenvalue weighted by Gasteiger charge is -2.30. The molecule has 0 aromatic heterocycles. The molecular weight excluding hydrogens is 258 g/mol. The average Bonchev–Trinajstić information content (AvgIpc) is 3.10. The predicted octanol–water partition coefficient (Wildman–Crippen LogP) is 2.86. The van der Waals surface area contributed by atoms with Gasteiger partial charge in [0, 0.05) is 25.0 Å². The molecule has 2 nitrogen and oxygen atoms in total. The third kappa shape index (κ3) is 2.39. The Hall–Kier alpha value is -1.64. The second-order valence-corrected chi connectivity index (χ2v) is 6.51. The Kier molecular flexibility index (Phi) is 3.09. The average molecular weight is 279 g/mol. The van der Waals surface area contributed by atoms with Crippen LogP contribution in [0.15, 0.2) is 60.7 Å². The summed E-state index contributed by atoms with van der Waals surface area (Å²) >= 11 is 0. The van der Waals surface area contributed by atoms with E-state index in [4.69, 9.17) is 0 Å². The first-order valence-electron chi connectivity index (χ1n) is 7.80. The molecule has 0 amide bonds. The summed E-state index contributed by atoms with van der Waals surface area (Å²) in [4.78, 5) is 2.47. The van der Waals surface area contributed by atoms with Gasteiger partial charge in [-0.15, -0.1) is 0 Å². The van der Waals surface area contributed by atoms with Crippen molar-refractivity contribution in [1.29, 1.82) is 0 Å². The highest BCUT2D eigenvalue weighted by molar-refractivity contribution is 5.25. The van der Waals surface area contributed by atoms with Gasteiger partial charge in [-0.1, -0.05) is 60.7 Å². The summed E-state index contributed by atoms with van der Waals surface area (Å²) < 4.78 is 0. The molecule has 1 N–H and O–H groups in total. The molecule has 2 fully saturated rings. The lowest BCUT2D eigenvalue weighted by molar-refractivity contribution is 0.0647. The van der Waals surface area contributed by atoms with Gasteiger partial charge in [-0.25, -0.2) is 0 Å². The summed E-state index contributed by atoms with van der Waals surface area (Å²) in [5.74, 6) is 0.481. The zero-order chi connectivity index (χ0) is 14.3. The molecule has 3 unspecified atom stereocenters. The smallest absolute Gasteiger partial charge is 0.0851 e. The topological polar surface area (TPSA) is 23.5 Å². The molecule has 1 aliphatic heterocycles. The Bertz CT molecular complexity index is 612. The molecule has 2 aromatic carbocycles. The minimum absolute atomic E-state index is 0.255. The third-order valence-electron chi connectivity index (χ3n) is 5.09. The van der Waals surface area contributed by atoms with Crippen LogP contribution < -0.4 is 0 Å². The van der Waals surface area contributed by atoms with Gasteiger partial charge in [-0.3, -0.25) is 4.90 Å². The molecule has 1 saturated carbocycles. The molecule has 0 bridgehead atoms. The fourth-order valence-corrected chi connectivity index (χ4v) is 3.83. The summed E-state index contributed by atoms with van der Waals surface area (Å²) in [5.41, 5.74) is 2.21. The maximum atomic E-state index is 10.8. The highest BCUT2D eigenvalue weighted by Gasteiger charge is 2.64. The fourth-order valence-electron chi connectivity index (χ4n) is 3.83. The van der Waals surface area contributed by atoms with Gasteiger partial charge < -0.3 is 5.11 Å². The highest BCUT2D eigenvalue weighted by Crippen LogP contribution is 2.54. The van der Waals surface area contributed by atoms with E-state index in [1.165, 1.54) is 11.1 Å². The minimum Gasteiger partial charge on any atom is -0.388 e. The van der Waals surface area contributed by atoms with Crippen LogP contribution in [-0.2, 0) is 13.0 Å². The summed E-state index contributed by atoms with van der Waals surface area (Å²) in [6.45, 7) is 1.97. The molecule has 0 radical (unpaired) electrons. The van der Waals surface area contributed by atoms with E-state index in [-0.39, 0.29) is 6.04 Å². The largest absolute Gasteiger partial charge is 0.388 e. The van der Waals surface area contributed by atoms with Gasteiger partial charge in [-0.05, 0) is 24.0 Å². The Morgan fingerprint density at radius 3 is 2.24 bits per heavy atom. The quantitative estimate of drug-likeness (QED) is 0.930. The van der Waals surface area contributed by atoms with Crippen LogP contribution >= 0.6 is 0 Å². The van der Waals surface area contributed by atoms with Gasteiger partial charge in [0.1, 0.15) is 0 Å². The van der Waals surface area contributed by atoms with Crippen molar-refractivity contribution in [3.63, 3.8) is 0 Å². The van der Waals surface area contributed by atoms with Crippen molar-refractivity contribution in [2.75, 3.05) is 6.54 Å². The Morgan fingerprint density at radius 2 is 1.57 bits per heavy atom. The molecule has 2 aromatic rings. The molecule has 108 valence electrons. The van der Waals surface area contributed by atoms with Crippen molar-refractivity contribution in [2.24, 2.45) is 5.92 Å². The van der Waals surface area contributed by atoms with Crippen LogP contribution in [0.25, 0.3) is 0 Å². The number of hydrogen-bond donors (Lipinski definition) is 1. The molecule has 21 heavy (non-hydrogen) atoms. The van der Waals surface area contributed by atoms with Crippen LogP contribution in [0.4, 0.5) is 0 Å². The predicted molar refractivity (Wildman–Crippen MR) is 83.8 cm³/mol. The van der Waals surface area contributed by atoms with Gasteiger partial charge in [0.25, 0.3) is 0 Å². The van der Waals surface area contributed by atoms with E-state index in [0.717, 1.165) is 25.9 Å². The van der Waals surface area contributed by atoms with E-state index in [1.807, 2.05) is 0 Å². The van der Waals surface area contributed by atoms with E-state index < -0.39 is 5.60 Å². The molecular formula is C19H21NO. The van der Waals surface area contributed by atoms with E-state index in [2.05, 4.69) is 65.6 Å². The van der Waals surface area contributed by atoms with Crippen LogP contribution in [0, 0.1) is 5.92 Å². The second-order valence-electron chi connectivity index (χ2n) is 6.51. The van der Waals surface area contributed by atoms with Crippen molar-refractivity contribution in [2.45, 2.75) is 31.0 Å². The first-order chi connectivity index (χ1) is 10.3. The maximum absolute atomic E-state index is 10.8. The number of benzene rings is 2. The van der Waals surface area contributed by atoms with Gasteiger partial charge in [0.05, 0.1) is 5.60 Å². The summed E-state index contributed by atoms with van der Waals surface area (Å²) in [6.07, 6.45) is 1.93. The van der Waals surface area contributed by atoms with Crippen molar-refractivity contribution in [3.8, 4) is 0 Å². The van der Waals surface area contributed by atoms with Crippen molar-refractivity contribution in [3.05, 3.63) is 71.8 Å². The molecule has 1 heterocycles. The lowest BCUT2D eigenvalue weighted by Crippen LogP contribution is -2.41. The molecule has 1 saturated heterocycles. The number of nitrogens with zero attached hydrogens (tertiary/aromatic N) is 1. The lowest BCUT2D eigenvalue weighted by atomic mass is 9.99. The van der Waals surface area contributed by atoms with Crippen molar-refractivity contribution >= 4 is 0 Å². The van der Waals surface area contributed by atoms with Crippen LogP contribution in [0.2, 0.25) is 0 Å². The first-order valence-corrected chi connectivity index (χ1v) is 7.80. The fraction of sp³-hybridized carbons (Fsp3) is 0.368. The summed E-state index contributed by atoms with van der Waals surface area (Å²) in [7, 11) is 0. The van der Waals surface area contributed by atoms with E-state index >= 15 is 0 Å². The van der Waals surface area contributed by atoms with Gasteiger partial charge in [-0.2, -0.15) is 0 Å². The molecule has 3 atom stereocenters. The zero-order valence-corrected chi connectivity index (χ0v) is 12.2. The van der Waals surface area contributed by atoms with Crippen molar-refractivity contribution in [1.82, 2.24) is 4.90 Å². The van der Waals surface area contributed by atoms with Crippen LogP contribution in [0.5, 0.6) is 0 Å². The minimum atomic E-state index is -0.440. The number of fused-ring (bicyclic) bond motifs is 1. The third-order valence-corrected chi connectivity index (χ3v) is 5.09. The van der Waals surface area contributed by atoms with E-state index in [1.54, 1.807) is 0 Å². The molecule has 1 aliphatic carbocycles. The van der Waals surface area contributed by atoms with Crippen molar-refractivity contribution < 1.29 is 5.11 Å². The SMILES string of the molecule is OC12CC1CN(Cc1ccccc1)C2Cc1ccccc1.